The molecule has 2 aliphatic carbocycles. The van der Waals surface area contributed by atoms with E-state index in [-0.39, 0.29) is 0 Å². The molecule has 0 saturated heterocycles. The summed E-state index contributed by atoms with van der Waals surface area (Å²) in [5, 5.41) is 0.903. The van der Waals surface area contributed by atoms with E-state index in [2.05, 4.69) is 0 Å². The third kappa shape index (κ3) is 1.61. The number of hydrogen-bond donors (Lipinski definition) is 0. The van der Waals surface area contributed by atoms with Crippen molar-refractivity contribution in [1.82, 2.24) is 0 Å². The second-order valence-electron chi connectivity index (χ2n) is 5.20. The summed E-state index contributed by atoms with van der Waals surface area (Å²) >= 11 is 0. The summed E-state index contributed by atoms with van der Waals surface area (Å²) in [4.78, 5) is 0. The minimum atomic E-state index is 0.903. The van der Waals surface area contributed by atoms with Crippen LogP contribution in [0.15, 0.2) is 0 Å². The van der Waals surface area contributed by atoms with Crippen molar-refractivity contribution < 1.29 is 0 Å². The molecular weight excluding hydrogens is 160 g/mol. The maximum absolute atomic E-state index is 1.59. The van der Waals surface area contributed by atoms with Crippen molar-refractivity contribution in [2.24, 2.45) is 5.92 Å². The molecule has 0 unspecified atom stereocenters. The quantitative estimate of drug-likeness (QED) is 0.547. The van der Waals surface area contributed by atoms with E-state index in [1.165, 1.54) is 29.5 Å². The summed E-state index contributed by atoms with van der Waals surface area (Å²) in [6.45, 7) is 0. The fraction of sp³-hybridized carbons (Fsp3) is 1.00. The first kappa shape index (κ1) is 8.80. The molecule has 0 bridgehead atoms. The average molecular weight is 182 g/mol. The third-order valence-corrected chi connectivity index (χ3v) is 6.15. The monoisotopic (exact) mass is 182 g/mol. The molecule has 1 heteroatoms. The van der Waals surface area contributed by atoms with Crippen LogP contribution in [0.4, 0.5) is 0 Å². The minimum absolute atomic E-state index is 0.903. The van der Waals surface area contributed by atoms with Gasteiger partial charge >= 0.3 is 0 Å². The first-order valence-electron chi connectivity index (χ1n) is 5.81. The molecule has 0 atom stereocenters. The van der Waals surface area contributed by atoms with Crippen LogP contribution in [0.1, 0.15) is 57.8 Å². The van der Waals surface area contributed by atoms with Gasteiger partial charge < -0.3 is 0 Å². The summed E-state index contributed by atoms with van der Waals surface area (Å²) < 4.78 is 0. The zero-order chi connectivity index (χ0) is 8.44. The molecule has 0 nitrogen and oxygen atoms in total. The Morgan fingerprint density at radius 1 is 0.833 bits per heavy atom. The molecule has 0 aromatic rings. The molecule has 0 N–H and O–H groups in total. The fourth-order valence-electron chi connectivity index (χ4n) is 3.39. The average Bonchev–Trinajstić information content (AvgIpc) is 2.55. The highest BCUT2D eigenvalue weighted by molar-refractivity contribution is 6.15. The number of hydrogen-bond acceptors (Lipinski definition) is 0. The maximum atomic E-state index is 1.59. The van der Waals surface area contributed by atoms with Crippen LogP contribution in [-0.2, 0) is 0 Å². The Kier molecular flexibility index (Phi) is 2.59. The van der Waals surface area contributed by atoms with Crippen LogP contribution in [0.25, 0.3) is 0 Å². The van der Waals surface area contributed by atoms with Crippen LogP contribution >= 0.6 is 0 Å². The maximum Gasteiger partial charge on any atom is 0.0110 e. The molecule has 0 aliphatic heterocycles. The van der Waals surface area contributed by atoms with Crippen LogP contribution in [-0.4, -0.2) is 10.2 Å². The van der Waals surface area contributed by atoms with E-state index in [1.54, 1.807) is 38.5 Å². The lowest BCUT2D eigenvalue weighted by Crippen LogP contribution is -2.23. The van der Waals surface area contributed by atoms with Gasteiger partial charge in [0.25, 0.3) is 0 Å². The molecule has 70 valence electrons. The van der Waals surface area contributed by atoms with E-state index in [9.17, 15) is 0 Å². The van der Waals surface area contributed by atoms with Crippen molar-refractivity contribution in [2.45, 2.75) is 62.8 Å². The SMILES string of the molecule is [SiH3]C1(C2CCCCC2)CCCC1. The van der Waals surface area contributed by atoms with Gasteiger partial charge in [0.2, 0.25) is 0 Å². The number of rotatable bonds is 1. The van der Waals surface area contributed by atoms with Gasteiger partial charge in [-0.3, -0.25) is 0 Å². The van der Waals surface area contributed by atoms with Gasteiger partial charge in [-0.25, -0.2) is 0 Å². The molecule has 0 aromatic heterocycles. The first-order valence-corrected chi connectivity index (χ1v) is 6.81. The van der Waals surface area contributed by atoms with Crippen LogP contribution < -0.4 is 0 Å². The van der Waals surface area contributed by atoms with Gasteiger partial charge in [-0.15, -0.1) is 0 Å². The normalized spacial score (nSPS) is 31.0. The predicted octanol–water partition coefficient (Wildman–Crippen LogP) is 2.66. The van der Waals surface area contributed by atoms with Gasteiger partial charge in [0.05, 0.1) is 0 Å². The Morgan fingerprint density at radius 2 is 1.42 bits per heavy atom. The standard InChI is InChI=1S/C11H22Si/c12-11(8-4-5-9-11)10-6-2-1-3-7-10/h10H,1-9H2,12H3. The van der Waals surface area contributed by atoms with E-state index >= 15 is 0 Å². The summed E-state index contributed by atoms with van der Waals surface area (Å²) in [6, 6.07) is 0. The van der Waals surface area contributed by atoms with Gasteiger partial charge in [-0.1, -0.05) is 57.8 Å². The topological polar surface area (TPSA) is 0 Å². The molecule has 2 aliphatic rings. The molecule has 0 heterocycles. The van der Waals surface area contributed by atoms with Crippen LogP contribution in [0.5, 0.6) is 0 Å². The van der Waals surface area contributed by atoms with Crippen molar-refractivity contribution in [3.8, 4) is 0 Å². The second kappa shape index (κ2) is 3.53. The zero-order valence-electron chi connectivity index (χ0n) is 8.44. The molecule has 0 spiro atoms. The van der Waals surface area contributed by atoms with E-state index in [0.717, 1.165) is 11.0 Å². The third-order valence-electron chi connectivity index (χ3n) is 4.34. The van der Waals surface area contributed by atoms with Gasteiger partial charge in [0.15, 0.2) is 0 Å². The van der Waals surface area contributed by atoms with Crippen LogP contribution in [0.3, 0.4) is 0 Å². The molecular formula is C11H22Si. The summed E-state index contributed by atoms with van der Waals surface area (Å²) in [7, 11) is 1.47. The Balaban J connectivity index is 1.96. The van der Waals surface area contributed by atoms with Gasteiger partial charge in [-0.2, -0.15) is 0 Å². The molecule has 2 fully saturated rings. The lowest BCUT2D eigenvalue weighted by atomic mass is 9.78. The van der Waals surface area contributed by atoms with E-state index in [0.29, 0.717) is 0 Å². The smallest absolute Gasteiger partial charge is 0.0110 e. The van der Waals surface area contributed by atoms with Gasteiger partial charge in [0.1, 0.15) is 0 Å². The highest BCUT2D eigenvalue weighted by Crippen LogP contribution is 2.52. The summed E-state index contributed by atoms with van der Waals surface area (Å²) in [5.74, 6) is 1.15. The first-order chi connectivity index (χ1) is 5.81. The van der Waals surface area contributed by atoms with Crippen molar-refractivity contribution in [1.29, 1.82) is 0 Å². The largest absolute Gasteiger partial charge is 0.0533 e. The van der Waals surface area contributed by atoms with Crippen molar-refractivity contribution >= 4 is 10.2 Å². The Bertz CT molecular complexity index is 141. The lowest BCUT2D eigenvalue weighted by Gasteiger charge is -2.36. The second-order valence-corrected chi connectivity index (χ2v) is 7.19. The molecule has 12 heavy (non-hydrogen) atoms. The van der Waals surface area contributed by atoms with Crippen molar-refractivity contribution in [3.05, 3.63) is 0 Å². The predicted molar refractivity (Wildman–Crippen MR) is 57.7 cm³/mol. The molecule has 2 saturated carbocycles. The highest BCUT2D eigenvalue weighted by Gasteiger charge is 2.36. The van der Waals surface area contributed by atoms with Crippen molar-refractivity contribution in [2.75, 3.05) is 0 Å². The molecule has 0 radical (unpaired) electrons. The van der Waals surface area contributed by atoms with Crippen LogP contribution in [0.2, 0.25) is 5.04 Å². The van der Waals surface area contributed by atoms with E-state index in [1.807, 2.05) is 0 Å². The van der Waals surface area contributed by atoms with Gasteiger partial charge in [-0.05, 0) is 11.0 Å². The van der Waals surface area contributed by atoms with E-state index < -0.39 is 0 Å². The van der Waals surface area contributed by atoms with Gasteiger partial charge in [0, 0.05) is 10.2 Å². The molecule has 0 amide bonds. The fourth-order valence-corrected chi connectivity index (χ4v) is 4.67. The van der Waals surface area contributed by atoms with E-state index in [4.69, 9.17) is 0 Å². The molecule has 2 rings (SSSR count). The highest BCUT2D eigenvalue weighted by atomic mass is 28.1. The van der Waals surface area contributed by atoms with Crippen molar-refractivity contribution in [3.63, 3.8) is 0 Å². The zero-order valence-corrected chi connectivity index (χ0v) is 10.4. The lowest BCUT2D eigenvalue weighted by molar-refractivity contribution is 0.267. The Hall–Kier alpha value is 0.217. The Labute approximate surface area is 79.5 Å². The summed E-state index contributed by atoms with van der Waals surface area (Å²) in [6.07, 6.45) is 14.0. The summed E-state index contributed by atoms with van der Waals surface area (Å²) in [5.41, 5.74) is 0. The minimum Gasteiger partial charge on any atom is -0.0533 e. The van der Waals surface area contributed by atoms with Crippen LogP contribution in [0, 0.1) is 5.92 Å². The Morgan fingerprint density at radius 3 is 2.00 bits per heavy atom. The molecule has 0 aromatic carbocycles.